The van der Waals surface area contributed by atoms with Gasteiger partial charge in [0.15, 0.2) is 6.29 Å². The summed E-state index contributed by atoms with van der Waals surface area (Å²) in [5, 5.41) is 0. The van der Waals surface area contributed by atoms with Gasteiger partial charge >= 0.3 is 0 Å². The molecule has 28 heavy (non-hydrogen) atoms. The summed E-state index contributed by atoms with van der Waals surface area (Å²) in [4.78, 5) is 0. The van der Waals surface area contributed by atoms with Crippen molar-refractivity contribution in [3.63, 3.8) is 0 Å². The zero-order valence-electron chi connectivity index (χ0n) is 16.9. The summed E-state index contributed by atoms with van der Waals surface area (Å²) in [5.41, 5.74) is 8.23. The molecule has 0 bridgehead atoms. The van der Waals surface area contributed by atoms with E-state index in [1.54, 1.807) is 0 Å². The molecule has 0 saturated heterocycles. The number of hydrogen-bond donors (Lipinski definition) is 1. The molecule has 0 heterocycles. The Morgan fingerprint density at radius 1 is 0.893 bits per heavy atom. The van der Waals surface area contributed by atoms with Crippen LogP contribution in [0.15, 0.2) is 48.5 Å². The molecule has 1 fully saturated rings. The lowest BCUT2D eigenvalue weighted by molar-refractivity contribution is -0.0739. The third kappa shape index (κ3) is 6.54. The molecular weight excluding hydrogens is 350 g/mol. The van der Waals surface area contributed by atoms with E-state index in [0.717, 1.165) is 23.8 Å². The Bertz CT molecular complexity index is 678. The van der Waals surface area contributed by atoms with E-state index in [-0.39, 0.29) is 6.29 Å². The molecule has 4 nitrogen and oxygen atoms in total. The highest BCUT2D eigenvalue weighted by atomic mass is 16.7. The van der Waals surface area contributed by atoms with Gasteiger partial charge in [0.1, 0.15) is 18.1 Å². The van der Waals surface area contributed by atoms with Gasteiger partial charge in [0.25, 0.3) is 0 Å². The fraction of sp³-hybridized carbons (Fsp3) is 0.500. The van der Waals surface area contributed by atoms with Crippen molar-refractivity contribution in [3.05, 3.63) is 59.7 Å². The molecule has 2 N–H and O–H groups in total. The minimum absolute atomic E-state index is 0.322. The van der Waals surface area contributed by atoms with Crippen LogP contribution in [0.25, 0.3) is 0 Å². The molecule has 1 unspecified atom stereocenters. The van der Waals surface area contributed by atoms with Crippen molar-refractivity contribution < 1.29 is 14.2 Å². The first-order valence-electron chi connectivity index (χ1n) is 10.5. The van der Waals surface area contributed by atoms with Gasteiger partial charge in [-0.05, 0) is 74.0 Å². The van der Waals surface area contributed by atoms with E-state index < -0.39 is 0 Å². The second kappa shape index (κ2) is 11.1. The summed E-state index contributed by atoms with van der Waals surface area (Å²) in [6, 6.07) is 16.6. The summed E-state index contributed by atoms with van der Waals surface area (Å²) in [6.07, 6.45) is 7.31. The monoisotopic (exact) mass is 383 g/mol. The molecule has 3 rings (SSSR count). The SMILES string of the molecule is CC(OCCOc1ccc(C2CCCCC2)cc1)Oc1ccc(CCN)cc1. The lowest BCUT2D eigenvalue weighted by Crippen LogP contribution is -2.19. The topological polar surface area (TPSA) is 53.7 Å². The van der Waals surface area contributed by atoms with Crippen LogP contribution >= 0.6 is 0 Å². The van der Waals surface area contributed by atoms with Gasteiger partial charge < -0.3 is 19.9 Å². The summed E-state index contributed by atoms with van der Waals surface area (Å²) in [7, 11) is 0. The Morgan fingerprint density at radius 3 is 2.25 bits per heavy atom. The summed E-state index contributed by atoms with van der Waals surface area (Å²) >= 11 is 0. The molecule has 4 heteroatoms. The van der Waals surface area contributed by atoms with Crippen molar-refractivity contribution in [3.8, 4) is 11.5 Å². The minimum atomic E-state index is -0.322. The van der Waals surface area contributed by atoms with Crippen molar-refractivity contribution in [2.45, 2.75) is 57.7 Å². The van der Waals surface area contributed by atoms with Gasteiger partial charge in [-0.2, -0.15) is 0 Å². The molecule has 152 valence electrons. The van der Waals surface area contributed by atoms with Crippen LogP contribution in [0.3, 0.4) is 0 Å². The fourth-order valence-corrected chi connectivity index (χ4v) is 3.77. The molecule has 0 amide bonds. The van der Waals surface area contributed by atoms with Crippen LogP contribution in [-0.2, 0) is 11.2 Å². The highest BCUT2D eigenvalue weighted by Gasteiger charge is 2.15. The second-order valence-electron chi connectivity index (χ2n) is 7.49. The molecule has 1 aliphatic rings. The Morgan fingerprint density at radius 2 is 1.57 bits per heavy atom. The Labute approximate surface area is 169 Å². The van der Waals surface area contributed by atoms with Crippen LogP contribution in [0.5, 0.6) is 11.5 Å². The lowest BCUT2D eigenvalue weighted by atomic mass is 9.84. The fourth-order valence-electron chi connectivity index (χ4n) is 3.77. The standard InChI is InChI=1S/C24H33NO3/c1-19(28-24-11-7-20(8-12-24)15-16-25)26-17-18-27-23-13-9-22(10-14-23)21-5-3-2-4-6-21/h7-14,19,21H,2-6,15-18,25H2,1H3. The number of nitrogens with two attached hydrogens (primary N) is 1. The van der Waals surface area contributed by atoms with E-state index in [0.29, 0.717) is 19.8 Å². The third-order valence-corrected chi connectivity index (χ3v) is 5.32. The molecular formula is C24H33NO3. The highest BCUT2D eigenvalue weighted by molar-refractivity contribution is 5.30. The molecule has 1 saturated carbocycles. The predicted molar refractivity (Wildman–Crippen MR) is 113 cm³/mol. The molecule has 0 aromatic heterocycles. The lowest BCUT2D eigenvalue weighted by Gasteiger charge is -2.22. The first-order chi connectivity index (χ1) is 13.7. The minimum Gasteiger partial charge on any atom is -0.491 e. The van der Waals surface area contributed by atoms with Crippen molar-refractivity contribution in [2.75, 3.05) is 19.8 Å². The molecule has 2 aromatic rings. The molecule has 0 radical (unpaired) electrons. The molecule has 2 aromatic carbocycles. The smallest absolute Gasteiger partial charge is 0.197 e. The predicted octanol–water partition coefficient (Wildman–Crippen LogP) is 5.06. The van der Waals surface area contributed by atoms with E-state index in [1.807, 2.05) is 31.2 Å². The zero-order valence-corrected chi connectivity index (χ0v) is 16.9. The second-order valence-corrected chi connectivity index (χ2v) is 7.49. The van der Waals surface area contributed by atoms with E-state index in [9.17, 15) is 0 Å². The molecule has 1 atom stereocenters. The van der Waals surface area contributed by atoms with Crippen LogP contribution in [0.2, 0.25) is 0 Å². The van der Waals surface area contributed by atoms with E-state index in [2.05, 4.69) is 24.3 Å². The average molecular weight is 384 g/mol. The maximum absolute atomic E-state index is 5.80. The van der Waals surface area contributed by atoms with Gasteiger partial charge in [0.2, 0.25) is 0 Å². The first-order valence-corrected chi connectivity index (χ1v) is 10.5. The van der Waals surface area contributed by atoms with E-state index >= 15 is 0 Å². The van der Waals surface area contributed by atoms with E-state index in [4.69, 9.17) is 19.9 Å². The molecule has 0 aliphatic heterocycles. The number of ether oxygens (including phenoxy) is 3. The summed E-state index contributed by atoms with van der Waals surface area (Å²) < 4.78 is 17.3. The van der Waals surface area contributed by atoms with Crippen LogP contribution in [0.4, 0.5) is 0 Å². The van der Waals surface area contributed by atoms with Gasteiger partial charge in [-0.3, -0.25) is 0 Å². The third-order valence-electron chi connectivity index (χ3n) is 5.32. The normalized spacial score (nSPS) is 15.9. The maximum Gasteiger partial charge on any atom is 0.197 e. The van der Waals surface area contributed by atoms with Gasteiger partial charge in [0, 0.05) is 0 Å². The van der Waals surface area contributed by atoms with Crippen LogP contribution in [0, 0.1) is 0 Å². The largest absolute Gasteiger partial charge is 0.491 e. The highest BCUT2D eigenvalue weighted by Crippen LogP contribution is 2.33. The maximum atomic E-state index is 5.80. The van der Waals surface area contributed by atoms with Crippen molar-refractivity contribution in [1.82, 2.24) is 0 Å². The number of rotatable bonds is 10. The van der Waals surface area contributed by atoms with Crippen molar-refractivity contribution in [2.24, 2.45) is 5.73 Å². The Balaban J connectivity index is 1.34. The first kappa shape index (κ1) is 20.7. The summed E-state index contributed by atoms with van der Waals surface area (Å²) in [6.45, 7) is 3.54. The van der Waals surface area contributed by atoms with Crippen LogP contribution in [-0.4, -0.2) is 26.0 Å². The molecule has 0 spiro atoms. The average Bonchev–Trinajstić information content (AvgIpc) is 2.74. The van der Waals surface area contributed by atoms with Gasteiger partial charge in [0.05, 0.1) is 6.61 Å². The number of benzene rings is 2. The Hall–Kier alpha value is -2.04. The summed E-state index contributed by atoms with van der Waals surface area (Å²) in [5.74, 6) is 2.42. The van der Waals surface area contributed by atoms with E-state index in [1.165, 1.54) is 43.2 Å². The molecule has 1 aliphatic carbocycles. The quantitative estimate of drug-likeness (QED) is 0.460. The van der Waals surface area contributed by atoms with Crippen LogP contribution < -0.4 is 15.2 Å². The van der Waals surface area contributed by atoms with Crippen molar-refractivity contribution in [1.29, 1.82) is 0 Å². The van der Waals surface area contributed by atoms with Crippen molar-refractivity contribution >= 4 is 0 Å². The Kier molecular flexibility index (Phi) is 8.19. The van der Waals surface area contributed by atoms with Gasteiger partial charge in [-0.1, -0.05) is 43.5 Å². The zero-order chi connectivity index (χ0) is 19.6. The van der Waals surface area contributed by atoms with Gasteiger partial charge in [-0.15, -0.1) is 0 Å². The van der Waals surface area contributed by atoms with Crippen LogP contribution in [0.1, 0.15) is 56.1 Å². The van der Waals surface area contributed by atoms with Gasteiger partial charge in [-0.25, -0.2) is 0 Å². The number of hydrogen-bond acceptors (Lipinski definition) is 4.